The van der Waals surface area contributed by atoms with Crippen molar-refractivity contribution in [3.05, 3.63) is 27.2 Å². The molecular weight excluding hydrogens is 260 g/mol. The lowest BCUT2D eigenvalue weighted by Gasteiger charge is -2.13. The third-order valence-electron chi connectivity index (χ3n) is 1.60. The Kier molecular flexibility index (Phi) is 4.04. The Morgan fingerprint density at radius 2 is 1.93 bits per heavy atom. The van der Waals surface area contributed by atoms with Crippen LogP contribution in [0.3, 0.4) is 0 Å². The van der Waals surface area contributed by atoms with Crippen LogP contribution in [0.2, 0.25) is 15.1 Å². The van der Waals surface area contributed by atoms with E-state index in [-0.39, 0.29) is 10.0 Å². The van der Waals surface area contributed by atoms with Crippen molar-refractivity contribution in [2.24, 2.45) is 5.84 Å². The largest absolute Gasteiger partial charge is 0.335 e. The third kappa shape index (κ3) is 2.89. The zero-order valence-electron chi connectivity index (χ0n) is 7.72. The number of hydrogen-bond donors (Lipinski definition) is 2. The van der Waals surface area contributed by atoms with Crippen LogP contribution in [0.15, 0.2) is 12.1 Å². The fraction of sp³-hybridized carbons (Fsp3) is 0.125. The summed E-state index contributed by atoms with van der Waals surface area (Å²) in [4.78, 5) is 11.2. The predicted octanol–water partition coefficient (Wildman–Crippen LogP) is 2.98. The molecule has 0 radical (unpaired) electrons. The van der Waals surface area contributed by atoms with Gasteiger partial charge in [0, 0.05) is 7.05 Å². The van der Waals surface area contributed by atoms with E-state index in [0.29, 0.717) is 10.7 Å². The Labute approximate surface area is 102 Å². The normalized spacial score (nSPS) is 9.93. The molecule has 0 heterocycles. The van der Waals surface area contributed by atoms with Crippen molar-refractivity contribution in [2.45, 2.75) is 0 Å². The Hall–Kier alpha value is -0.680. The molecule has 2 amide bonds. The maximum Gasteiger partial charge on any atom is 0.335 e. The predicted molar refractivity (Wildman–Crippen MR) is 62.4 cm³/mol. The number of amides is 2. The summed E-state index contributed by atoms with van der Waals surface area (Å²) in [6.07, 6.45) is 0. The van der Waals surface area contributed by atoms with Gasteiger partial charge in [-0.05, 0) is 12.1 Å². The molecule has 0 aliphatic heterocycles. The topological polar surface area (TPSA) is 58.4 Å². The monoisotopic (exact) mass is 267 g/mol. The highest BCUT2D eigenvalue weighted by molar-refractivity contribution is 6.49. The van der Waals surface area contributed by atoms with Crippen LogP contribution in [0.1, 0.15) is 0 Å². The average Bonchev–Trinajstić information content (AvgIpc) is 2.18. The zero-order valence-corrected chi connectivity index (χ0v) is 9.99. The lowest BCUT2D eigenvalue weighted by atomic mass is 10.3. The van der Waals surface area contributed by atoms with E-state index in [0.717, 1.165) is 5.01 Å². The van der Waals surface area contributed by atoms with Crippen LogP contribution in [0.25, 0.3) is 0 Å². The molecule has 7 heteroatoms. The molecule has 0 aromatic heterocycles. The summed E-state index contributed by atoms with van der Waals surface area (Å²) in [5.41, 5.74) is 0.355. The molecule has 15 heavy (non-hydrogen) atoms. The van der Waals surface area contributed by atoms with Crippen molar-refractivity contribution in [3.8, 4) is 0 Å². The summed E-state index contributed by atoms with van der Waals surface area (Å²) in [7, 11) is 1.40. The van der Waals surface area contributed by atoms with E-state index < -0.39 is 6.03 Å². The fourth-order valence-corrected chi connectivity index (χ4v) is 1.41. The molecule has 4 nitrogen and oxygen atoms in total. The maximum atomic E-state index is 11.2. The molecule has 0 bridgehead atoms. The molecular formula is C8H8Cl3N3O. The number of nitrogens with one attached hydrogen (secondary N) is 1. The first-order valence-corrected chi connectivity index (χ1v) is 4.99. The molecule has 3 N–H and O–H groups in total. The van der Waals surface area contributed by atoms with Crippen LogP contribution in [-0.2, 0) is 0 Å². The Morgan fingerprint density at radius 1 is 1.33 bits per heavy atom. The highest BCUT2D eigenvalue weighted by Crippen LogP contribution is 2.35. The van der Waals surface area contributed by atoms with Gasteiger partial charge in [0.15, 0.2) is 0 Å². The van der Waals surface area contributed by atoms with Gasteiger partial charge in [0.1, 0.15) is 0 Å². The quantitative estimate of drug-likeness (QED) is 0.356. The van der Waals surface area contributed by atoms with Crippen molar-refractivity contribution in [1.82, 2.24) is 5.01 Å². The number of urea groups is 1. The molecule has 0 aliphatic rings. The Bertz CT molecular complexity index is 395. The van der Waals surface area contributed by atoms with Gasteiger partial charge < -0.3 is 5.32 Å². The van der Waals surface area contributed by atoms with Crippen molar-refractivity contribution >= 4 is 46.5 Å². The van der Waals surface area contributed by atoms with Gasteiger partial charge >= 0.3 is 6.03 Å². The molecule has 0 atom stereocenters. The van der Waals surface area contributed by atoms with E-state index in [4.69, 9.17) is 40.6 Å². The number of rotatable bonds is 1. The Morgan fingerprint density at radius 3 is 2.47 bits per heavy atom. The minimum atomic E-state index is -0.504. The molecule has 1 rings (SSSR count). The van der Waals surface area contributed by atoms with E-state index >= 15 is 0 Å². The molecule has 1 aromatic carbocycles. The van der Waals surface area contributed by atoms with Gasteiger partial charge in [0.05, 0.1) is 20.8 Å². The fourth-order valence-electron chi connectivity index (χ4n) is 0.826. The number of hydrogen-bond acceptors (Lipinski definition) is 2. The minimum Gasteiger partial charge on any atom is -0.305 e. The SMILES string of the molecule is CN(N)C(=O)Nc1ccc(Cl)c(Cl)c1Cl. The summed E-state index contributed by atoms with van der Waals surface area (Å²) in [5.74, 6) is 5.22. The van der Waals surface area contributed by atoms with Gasteiger partial charge in [-0.2, -0.15) is 0 Å². The standard InChI is InChI=1S/C8H8Cl3N3O/c1-14(12)8(15)13-5-3-2-4(9)6(10)7(5)11/h2-3H,12H2,1H3,(H,13,15). The number of hydrazine groups is 1. The smallest absolute Gasteiger partial charge is 0.305 e. The third-order valence-corrected chi connectivity index (χ3v) is 2.89. The second-order valence-corrected chi connectivity index (χ2v) is 3.93. The van der Waals surface area contributed by atoms with Crippen LogP contribution < -0.4 is 11.2 Å². The van der Waals surface area contributed by atoms with Crippen molar-refractivity contribution in [3.63, 3.8) is 0 Å². The lowest BCUT2D eigenvalue weighted by Crippen LogP contribution is -2.36. The first kappa shape index (κ1) is 12.4. The average molecular weight is 269 g/mol. The van der Waals surface area contributed by atoms with Crippen LogP contribution in [-0.4, -0.2) is 18.1 Å². The summed E-state index contributed by atoms with van der Waals surface area (Å²) >= 11 is 17.4. The molecule has 0 aliphatic carbocycles. The number of carbonyl (C=O) groups excluding carboxylic acids is 1. The van der Waals surface area contributed by atoms with Crippen molar-refractivity contribution in [1.29, 1.82) is 0 Å². The van der Waals surface area contributed by atoms with E-state index in [2.05, 4.69) is 5.32 Å². The number of benzene rings is 1. The second-order valence-electron chi connectivity index (χ2n) is 2.76. The molecule has 0 saturated carbocycles. The highest BCUT2D eigenvalue weighted by atomic mass is 35.5. The summed E-state index contributed by atoms with van der Waals surface area (Å²) in [5, 5.41) is 4.04. The van der Waals surface area contributed by atoms with Crippen LogP contribution in [0.5, 0.6) is 0 Å². The van der Waals surface area contributed by atoms with E-state index in [1.807, 2.05) is 0 Å². The van der Waals surface area contributed by atoms with Gasteiger partial charge in [0.25, 0.3) is 0 Å². The summed E-state index contributed by atoms with van der Waals surface area (Å²) < 4.78 is 0. The Balaban J connectivity index is 2.97. The van der Waals surface area contributed by atoms with Crippen LogP contribution in [0, 0.1) is 0 Å². The van der Waals surface area contributed by atoms with Gasteiger partial charge in [-0.3, -0.25) is 5.01 Å². The molecule has 0 unspecified atom stereocenters. The van der Waals surface area contributed by atoms with Crippen molar-refractivity contribution in [2.75, 3.05) is 12.4 Å². The number of nitrogens with zero attached hydrogens (tertiary/aromatic N) is 1. The van der Waals surface area contributed by atoms with Gasteiger partial charge in [-0.1, -0.05) is 34.8 Å². The number of carbonyl (C=O) groups is 1. The minimum absolute atomic E-state index is 0.180. The van der Waals surface area contributed by atoms with E-state index in [1.54, 1.807) is 0 Å². The van der Waals surface area contributed by atoms with E-state index in [9.17, 15) is 4.79 Å². The maximum absolute atomic E-state index is 11.2. The van der Waals surface area contributed by atoms with E-state index in [1.165, 1.54) is 19.2 Å². The van der Waals surface area contributed by atoms with Gasteiger partial charge in [-0.15, -0.1) is 0 Å². The number of nitrogens with two attached hydrogens (primary N) is 1. The first-order valence-electron chi connectivity index (χ1n) is 3.86. The number of anilines is 1. The molecule has 1 aromatic rings. The molecule has 0 saturated heterocycles. The summed E-state index contributed by atoms with van der Waals surface area (Å²) in [6, 6.07) is 2.56. The first-order chi connectivity index (χ1) is 6.93. The van der Waals surface area contributed by atoms with Crippen LogP contribution >= 0.6 is 34.8 Å². The van der Waals surface area contributed by atoms with Crippen molar-refractivity contribution < 1.29 is 4.79 Å². The summed E-state index contributed by atoms with van der Waals surface area (Å²) in [6.45, 7) is 0. The number of halogens is 3. The van der Waals surface area contributed by atoms with Gasteiger partial charge in [0.2, 0.25) is 0 Å². The second kappa shape index (κ2) is 4.90. The molecule has 0 fully saturated rings. The lowest BCUT2D eigenvalue weighted by molar-refractivity contribution is 0.223. The zero-order chi connectivity index (χ0) is 11.6. The highest BCUT2D eigenvalue weighted by Gasteiger charge is 2.12. The molecule has 0 spiro atoms. The van der Waals surface area contributed by atoms with Crippen LogP contribution in [0.4, 0.5) is 10.5 Å². The van der Waals surface area contributed by atoms with Gasteiger partial charge in [-0.25, -0.2) is 10.6 Å². The molecule has 82 valence electrons.